The van der Waals surface area contributed by atoms with Gasteiger partial charge in [-0.15, -0.1) is 0 Å². The number of benzene rings is 2. The van der Waals surface area contributed by atoms with Gasteiger partial charge in [-0.3, -0.25) is 14.9 Å². The van der Waals surface area contributed by atoms with E-state index in [-0.39, 0.29) is 6.54 Å². The van der Waals surface area contributed by atoms with E-state index in [0.29, 0.717) is 22.8 Å². The number of halogens is 1. The number of carbonyl (C=O) groups is 1. The number of nitro groups is 1. The van der Waals surface area contributed by atoms with Gasteiger partial charge in [-0.25, -0.2) is 0 Å². The summed E-state index contributed by atoms with van der Waals surface area (Å²) >= 11 is 5.88. The minimum Gasteiger partial charge on any atom is -0.426 e. The lowest BCUT2D eigenvalue weighted by atomic mass is 9.81. The van der Waals surface area contributed by atoms with Gasteiger partial charge >= 0.3 is 5.97 Å². The van der Waals surface area contributed by atoms with Crippen molar-refractivity contribution in [1.29, 1.82) is 0 Å². The van der Waals surface area contributed by atoms with Gasteiger partial charge in [0, 0.05) is 9.95 Å². The molecule has 0 fully saturated rings. The predicted molar refractivity (Wildman–Crippen MR) is 85.3 cm³/mol. The van der Waals surface area contributed by atoms with E-state index in [0.717, 1.165) is 5.56 Å². The number of hydrogen-bond acceptors (Lipinski definition) is 4. The van der Waals surface area contributed by atoms with Crippen molar-refractivity contribution in [2.75, 3.05) is 6.54 Å². The summed E-state index contributed by atoms with van der Waals surface area (Å²) in [6.07, 6.45) is 0.427. The number of carbonyl (C=O) groups excluding carboxylic acids is 1. The molecule has 0 bridgehead atoms. The van der Waals surface area contributed by atoms with Crippen LogP contribution in [0.4, 0.5) is 0 Å². The monoisotopic (exact) mass is 331 g/mol. The van der Waals surface area contributed by atoms with Gasteiger partial charge in [0.15, 0.2) is 0 Å². The third-order valence-corrected chi connectivity index (χ3v) is 4.31. The Labute approximate surface area is 138 Å². The maximum Gasteiger partial charge on any atom is 0.315 e. The van der Waals surface area contributed by atoms with Crippen molar-refractivity contribution in [1.82, 2.24) is 0 Å². The van der Waals surface area contributed by atoms with E-state index < -0.39 is 22.7 Å². The van der Waals surface area contributed by atoms with E-state index in [4.69, 9.17) is 16.3 Å². The van der Waals surface area contributed by atoms with E-state index in [1.54, 1.807) is 36.4 Å². The molecule has 0 aromatic heterocycles. The van der Waals surface area contributed by atoms with Crippen LogP contribution in [0, 0.1) is 16.0 Å². The first-order valence-corrected chi connectivity index (χ1v) is 7.59. The SMILES string of the molecule is O=C1Oc2ccccc2C[C@@H]1[C@H](C[N+](=O)[O-])c1ccc(Cl)cc1. The molecule has 5 nitrogen and oxygen atoms in total. The average Bonchev–Trinajstić information content (AvgIpc) is 2.53. The molecule has 1 aliphatic rings. The first-order valence-electron chi connectivity index (χ1n) is 7.21. The van der Waals surface area contributed by atoms with E-state index in [9.17, 15) is 14.9 Å². The molecule has 0 unspecified atom stereocenters. The second-order valence-corrected chi connectivity index (χ2v) is 5.95. The fourth-order valence-corrected chi connectivity index (χ4v) is 3.04. The second kappa shape index (κ2) is 6.38. The standard InChI is InChI=1S/C17H14ClNO4/c18-13-7-5-11(6-8-13)15(10-19(21)22)14-9-12-3-1-2-4-16(12)23-17(14)20/h1-8,14-15H,9-10H2/t14-,15-/m1/s1. The molecule has 6 heteroatoms. The number of para-hydroxylation sites is 1. The number of rotatable bonds is 4. The number of fused-ring (bicyclic) bond motifs is 1. The Kier molecular flexibility index (Phi) is 4.30. The van der Waals surface area contributed by atoms with Crippen LogP contribution in [-0.2, 0) is 11.2 Å². The maximum atomic E-state index is 12.3. The summed E-state index contributed by atoms with van der Waals surface area (Å²) in [7, 11) is 0. The summed E-state index contributed by atoms with van der Waals surface area (Å²) in [6, 6.07) is 14.1. The van der Waals surface area contributed by atoms with Crippen molar-refractivity contribution in [2.24, 2.45) is 5.92 Å². The van der Waals surface area contributed by atoms with Gasteiger partial charge < -0.3 is 4.74 Å². The van der Waals surface area contributed by atoms with Gasteiger partial charge in [-0.2, -0.15) is 0 Å². The lowest BCUT2D eigenvalue weighted by Crippen LogP contribution is -2.35. The minimum atomic E-state index is -0.587. The molecule has 0 saturated heterocycles. The molecule has 2 atom stereocenters. The fraction of sp³-hybridized carbons (Fsp3) is 0.235. The highest BCUT2D eigenvalue weighted by Crippen LogP contribution is 2.36. The van der Waals surface area contributed by atoms with E-state index in [1.165, 1.54) is 0 Å². The van der Waals surface area contributed by atoms with Crippen molar-refractivity contribution in [3.63, 3.8) is 0 Å². The quantitative estimate of drug-likeness (QED) is 0.372. The Bertz CT molecular complexity index is 745. The largest absolute Gasteiger partial charge is 0.426 e. The molecule has 0 N–H and O–H groups in total. The summed E-state index contributed by atoms with van der Waals surface area (Å²) in [6.45, 7) is -0.330. The average molecular weight is 332 g/mol. The number of esters is 1. The van der Waals surface area contributed by atoms with Crippen molar-refractivity contribution < 1.29 is 14.5 Å². The molecule has 118 valence electrons. The van der Waals surface area contributed by atoms with Gasteiger partial charge in [0.1, 0.15) is 5.75 Å². The third kappa shape index (κ3) is 3.35. The molecule has 23 heavy (non-hydrogen) atoms. The van der Waals surface area contributed by atoms with Crippen LogP contribution in [0.5, 0.6) is 5.75 Å². The fourth-order valence-electron chi connectivity index (χ4n) is 2.92. The third-order valence-electron chi connectivity index (χ3n) is 4.06. The zero-order valence-corrected chi connectivity index (χ0v) is 12.9. The zero-order valence-electron chi connectivity index (χ0n) is 12.1. The first-order chi connectivity index (χ1) is 11.0. The lowest BCUT2D eigenvalue weighted by Gasteiger charge is -2.28. The number of hydrogen-bond donors (Lipinski definition) is 0. The summed E-state index contributed by atoms with van der Waals surface area (Å²) in [5, 5.41) is 11.6. The van der Waals surface area contributed by atoms with Crippen LogP contribution in [0.1, 0.15) is 17.0 Å². The van der Waals surface area contributed by atoms with E-state index in [2.05, 4.69) is 0 Å². The molecule has 0 amide bonds. The van der Waals surface area contributed by atoms with Gasteiger partial charge in [0.25, 0.3) is 0 Å². The maximum absolute atomic E-state index is 12.3. The molecular weight excluding hydrogens is 318 g/mol. The minimum absolute atomic E-state index is 0.330. The van der Waals surface area contributed by atoms with Gasteiger partial charge in [0.2, 0.25) is 6.54 Å². The summed E-state index contributed by atoms with van der Waals surface area (Å²) in [5.41, 5.74) is 1.60. The van der Waals surface area contributed by atoms with E-state index in [1.807, 2.05) is 12.1 Å². The Morgan fingerprint density at radius 1 is 1.22 bits per heavy atom. The van der Waals surface area contributed by atoms with Crippen LogP contribution in [0.15, 0.2) is 48.5 Å². The van der Waals surface area contributed by atoms with Crippen molar-refractivity contribution in [2.45, 2.75) is 12.3 Å². The number of ether oxygens (including phenoxy) is 1. The summed E-state index contributed by atoms with van der Waals surface area (Å²) in [5.74, 6) is -1.03. The number of nitrogens with zero attached hydrogens (tertiary/aromatic N) is 1. The highest BCUT2D eigenvalue weighted by molar-refractivity contribution is 6.30. The molecule has 1 heterocycles. The molecule has 0 aliphatic carbocycles. The lowest BCUT2D eigenvalue weighted by molar-refractivity contribution is -0.484. The van der Waals surface area contributed by atoms with Crippen molar-refractivity contribution in [3.8, 4) is 5.75 Å². The van der Waals surface area contributed by atoms with Crippen LogP contribution in [-0.4, -0.2) is 17.4 Å². The first kappa shape index (κ1) is 15.5. The van der Waals surface area contributed by atoms with Crippen LogP contribution in [0.2, 0.25) is 5.02 Å². The predicted octanol–water partition coefficient (Wildman–Crippen LogP) is 3.48. The van der Waals surface area contributed by atoms with Crippen LogP contribution in [0.3, 0.4) is 0 Å². The van der Waals surface area contributed by atoms with Crippen molar-refractivity contribution in [3.05, 3.63) is 74.8 Å². The molecule has 1 aliphatic heterocycles. The topological polar surface area (TPSA) is 69.4 Å². The Morgan fingerprint density at radius 2 is 1.91 bits per heavy atom. The Hall–Kier alpha value is -2.40. The van der Waals surface area contributed by atoms with Crippen LogP contribution in [0.25, 0.3) is 0 Å². The molecular formula is C17H14ClNO4. The van der Waals surface area contributed by atoms with Crippen LogP contribution >= 0.6 is 11.6 Å². The highest BCUT2D eigenvalue weighted by atomic mass is 35.5. The summed E-state index contributed by atoms with van der Waals surface area (Å²) < 4.78 is 5.36. The highest BCUT2D eigenvalue weighted by Gasteiger charge is 2.38. The molecule has 2 aromatic rings. The molecule has 2 aromatic carbocycles. The summed E-state index contributed by atoms with van der Waals surface area (Å²) in [4.78, 5) is 23.0. The van der Waals surface area contributed by atoms with Gasteiger partial charge in [0.05, 0.1) is 11.8 Å². The van der Waals surface area contributed by atoms with E-state index >= 15 is 0 Å². The molecule has 0 radical (unpaired) electrons. The van der Waals surface area contributed by atoms with Gasteiger partial charge in [-0.05, 0) is 35.7 Å². The normalized spacial score (nSPS) is 18.0. The molecule has 0 saturated carbocycles. The molecule has 3 rings (SSSR count). The Morgan fingerprint density at radius 3 is 2.61 bits per heavy atom. The Balaban J connectivity index is 1.95. The zero-order chi connectivity index (χ0) is 16.4. The smallest absolute Gasteiger partial charge is 0.315 e. The molecule has 0 spiro atoms. The van der Waals surface area contributed by atoms with Crippen molar-refractivity contribution >= 4 is 17.6 Å². The van der Waals surface area contributed by atoms with Crippen LogP contribution < -0.4 is 4.74 Å². The van der Waals surface area contributed by atoms with Gasteiger partial charge in [-0.1, -0.05) is 41.9 Å². The second-order valence-electron chi connectivity index (χ2n) is 5.51.